The van der Waals surface area contributed by atoms with E-state index in [0.717, 1.165) is 0 Å². The highest BCUT2D eigenvalue weighted by atomic mass is 16.6. The first-order chi connectivity index (χ1) is 13.2. The van der Waals surface area contributed by atoms with Gasteiger partial charge in [0.2, 0.25) is 5.43 Å². The lowest BCUT2D eigenvalue weighted by molar-refractivity contribution is -0.00220. The van der Waals surface area contributed by atoms with Crippen LogP contribution in [0.25, 0.3) is 0 Å². The smallest absolute Gasteiger partial charge is 0.410 e. The summed E-state index contributed by atoms with van der Waals surface area (Å²) in [7, 11) is 0. The molecule has 150 valence electrons. The number of aromatic nitrogens is 1. The van der Waals surface area contributed by atoms with Gasteiger partial charge in [-0.15, -0.1) is 0 Å². The van der Waals surface area contributed by atoms with Crippen LogP contribution in [0.4, 0.5) is 4.79 Å². The summed E-state index contributed by atoms with van der Waals surface area (Å²) in [6, 6.07) is -0.724. The molecule has 0 aromatic carbocycles. The van der Waals surface area contributed by atoms with Crippen molar-refractivity contribution in [3.63, 3.8) is 0 Å². The Hall–Kier alpha value is -3.04. The van der Waals surface area contributed by atoms with Crippen LogP contribution >= 0.6 is 0 Å². The average Bonchev–Trinajstić information content (AvgIpc) is 2.92. The summed E-state index contributed by atoms with van der Waals surface area (Å²) in [5.74, 6) is -2.31. The molecular weight excluding hydrogens is 368 g/mol. The minimum absolute atomic E-state index is 0.164. The van der Waals surface area contributed by atoms with E-state index in [2.05, 4.69) is 0 Å². The van der Waals surface area contributed by atoms with Crippen molar-refractivity contribution >= 4 is 17.9 Å². The number of carbonyl (C=O) groups is 3. The standard InChI is InChI=1S/C18H22N4O6/c1-3-20-8-18(28-17(20)27)5-4-9(2)21-7-11(18)22-6-10(15(19)25)13(23)14(24)12(22)16(21)26/h6,9,11,24H,3-5,7-8H2,1-2H3,(H2,19,25)/t9-,11+,18+/m0/s1. The molecule has 28 heavy (non-hydrogen) atoms. The van der Waals surface area contributed by atoms with Crippen molar-refractivity contribution in [1.29, 1.82) is 0 Å². The van der Waals surface area contributed by atoms with Crippen molar-refractivity contribution in [2.75, 3.05) is 19.6 Å². The Morgan fingerprint density at radius 3 is 2.71 bits per heavy atom. The molecule has 3 amide bonds. The molecule has 3 aliphatic heterocycles. The molecule has 3 aliphatic rings. The maximum atomic E-state index is 13.0. The number of hydrogen-bond donors (Lipinski definition) is 2. The highest BCUT2D eigenvalue weighted by Crippen LogP contribution is 2.45. The van der Waals surface area contributed by atoms with Gasteiger partial charge in [-0.1, -0.05) is 0 Å². The van der Waals surface area contributed by atoms with E-state index in [1.165, 1.54) is 10.8 Å². The van der Waals surface area contributed by atoms with Gasteiger partial charge >= 0.3 is 6.09 Å². The number of hydrogen-bond acceptors (Lipinski definition) is 6. The summed E-state index contributed by atoms with van der Waals surface area (Å²) in [6.07, 6.45) is 1.86. The van der Waals surface area contributed by atoms with Crippen molar-refractivity contribution in [3.05, 3.63) is 27.7 Å². The van der Waals surface area contributed by atoms with Gasteiger partial charge in [0.1, 0.15) is 5.56 Å². The maximum absolute atomic E-state index is 13.0. The van der Waals surface area contributed by atoms with Gasteiger partial charge in [-0.2, -0.15) is 0 Å². The summed E-state index contributed by atoms with van der Waals surface area (Å²) in [6.45, 7) is 4.75. The Labute approximate surface area is 160 Å². The predicted octanol–water partition coefficient (Wildman–Crippen LogP) is 0.0429. The summed E-state index contributed by atoms with van der Waals surface area (Å²) < 4.78 is 7.23. The molecule has 3 atom stereocenters. The van der Waals surface area contributed by atoms with Gasteiger partial charge in [-0.05, 0) is 26.7 Å². The average molecular weight is 390 g/mol. The molecule has 1 aromatic heterocycles. The lowest BCUT2D eigenvalue weighted by Crippen LogP contribution is -2.53. The third-order valence-electron chi connectivity index (χ3n) is 6.16. The molecule has 1 aromatic rings. The van der Waals surface area contributed by atoms with Gasteiger partial charge in [0.25, 0.3) is 11.8 Å². The van der Waals surface area contributed by atoms with Crippen LogP contribution in [-0.2, 0) is 4.74 Å². The number of aromatic hydroxyl groups is 1. The highest BCUT2D eigenvalue weighted by Gasteiger charge is 2.56. The van der Waals surface area contributed by atoms with Crippen molar-refractivity contribution < 1.29 is 24.2 Å². The zero-order valence-electron chi connectivity index (χ0n) is 15.7. The number of fused-ring (bicyclic) bond motifs is 5. The monoisotopic (exact) mass is 390 g/mol. The third kappa shape index (κ3) is 2.33. The molecule has 4 rings (SSSR count). The predicted molar refractivity (Wildman–Crippen MR) is 96.1 cm³/mol. The fourth-order valence-corrected chi connectivity index (χ4v) is 4.52. The SMILES string of the molecule is CCN1C[C@@]2(CC[C@H](C)N3C[C@H]2n2cc(C(N)=O)c(=O)c(O)c2C3=O)OC1=O. The Bertz CT molecular complexity index is 956. The van der Waals surface area contributed by atoms with Crippen LogP contribution < -0.4 is 11.2 Å². The van der Waals surface area contributed by atoms with Crippen molar-refractivity contribution in [3.8, 4) is 5.75 Å². The van der Waals surface area contributed by atoms with Crippen LogP contribution in [0.15, 0.2) is 11.0 Å². The fraction of sp³-hybridized carbons (Fsp3) is 0.556. The van der Waals surface area contributed by atoms with Crippen LogP contribution in [0, 0.1) is 0 Å². The van der Waals surface area contributed by atoms with E-state index in [9.17, 15) is 24.3 Å². The van der Waals surface area contributed by atoms with Crippen LogP contribution in [-0.4, -0.2) is 68.7 Å². The molecular formula is C18H22N4O6. The van der Waals surface area contributed by atoms with E-state index in [1.54, 1.807) is 9.80 Å². The summed E-state index contributed by atoms with van der Waals surface area (Å²) in [5, 5.41) is 10.5. The van der Waals surface area contributed by atoms with Crippen molar-refractivity contribution in [1.82, 2.24) is 14.4 Å². The first-order valence-corrected chi connectivity index (χ1v) is 9.27. The topological polar surface area (TPSA) is 135 Å². The summed E-state index contributed by atoms with van der Waals surface area (Å²) in [4.78, 5) is 52.6. The second-order valence-corrected chi connectivity index (χ2v) is 7.65. The molecule has 4 heterocycles. The molecule has 1 spiro atoms. The minimum atomic E-state index is -1.000. The molecule has 0 saturated carbocycles. The number of amides is 3. The lowest BCUT2D eigenvalue weighted by Gasteiger charge is -2.42. The molecule has 0 radical (unpaired) electrons. The number of carbonyl (C=O) groups excluding carboxylic acids is 3. The number of primary amides is 1. The molecule has 3 N–H and O–H groups in total. The fourth-order valence-electron chi connectivity index (χ4n) is 4.52. The Balaban J connectivity index is 1.96. The van der Waals surface area contributed by atoms with Gasteiger partial charge in [0.15, 0.2) is 17.0 Å². The number of pyridine rings is 1. The Kier molecular flexibility index (Phi) is 3.91. The van der Waals surface area contributed by atoms with E-state index in [0.29, 0.717) is 25.9 Å². The van der Waals surface area contributed by atoms with Crippen molar-refractivity contribution in [2.45, 2.75) is 44.4 Å². The second kappa shape index (κ2) is 5.98. The molecule has 2 bridgehead atoms. The Morgan fingerprint density at radius 1 is 1.39 bits per heavy atom. The highest BCUT2D eigenvalue weighted by molar-refractivity contribution is 5.99. The largest absolute Gasteiger partial charge is 0.503 e. The van der Waals surface area contributed by atoms with Crippen LogP contribution in [0.3, 0.4) is 0 Å². The normalized spacial score (nSPS) is 28.9. The molecule has 10 heteroatoms. The molecule has 0 unspecified atom stereocenters. The molecule has 2 saturated heterocycles. The quantitative estimate of drug-likeness (QED) is 0.732. The van der Waals surface area contributed by atoms with Crippen molar-refractivity contribution in [2.24, 2.45) is 5.73 Å². The minimum Gasteiger partial charge on any atom is -0.503 e. The van der Waals surface area contributed by atoms with Crippen LogP contribution in [0.1, 0.15) is 53.6 Å². The number of nitrogens with two attached hydrogens (primary N) is 1. The maximum Gasteiger partial charge on any atom is 0.410 e. The van der Waals surface area contributed by atoms with Gasteiger partial charge in [-0.25, -0.2) is 4.79 Å². The van der Waals surface area contributed by atoms with E-state index in [4.69, 9.17) is 10.5 Å². The van der Waals surface area contributed by atoms with Crippen LogP contribution in [0.2, 0.25) is 0 Å². The number of rotatable bonds is 2. The first kappa shape index (κ1) is 18.3. The van der Waals surface area contributed by atoms with E-state index < -0.39 is 46.3 Å². The van der Waals surface area contributed by atoms with Gasteiger partial charge in [-0.3, -0.25) is 14.4 Å². The molecule has 0 aliphatic carbocycles. The lowest BCUT2D eigenvalue weighted by atomic mass is 9.88. The summed E-state index contributed by atoms with van der Waals surface area (Å²) >= 11 is 0. The molecule has 2 fully saturated rings. The number of nitrogens with zero attached hydrogens (tertiary/aromatic N) is 3. The third-order valence-corrected chi connectivity index (χ3v) is 6.16. The molecule has 10 nitrogen and oxygen atoms in total. The number of ether oxygens (including phenoxy) is 1. The Morgan fingerprint density at radius 2 is 2.11 bits per heavy atom. The van der Waals surface area contributed by atoms with E-state index in [1.807, 2.05) is 13.8 Å². The van der Waals surface area contributed by atoms with E-state index >= 15 is 0 Å². The van der Waals surface area contributed by atoms with Gasteiger partial charge in [0.05, 0.1) is 12.6 Å². The van der Waals surface area contributed by atoms with Crippen LogP contribution in [0.5, 0.6) is 5.75 Å². The second-order valence-electron chi connectivity index (χ2n) is 7.65. The van der Waals surface area contributed by atoms with Gasteiger partial charge < -0.3 is 29.9 Å². The van der Waals surface area contributed by atoms with Gasteiger partial charge in [0, 0.05) is 25.3 Å². The van der Waals surface area contributed by atoms with E-state index in [-0.39, 0.29) is 18.3 Å². The zero-order valence-corrected chi connectivity index (χ0v) is 15.7. The first-order valence-electron chi connectivity index (χ1n) is 9.27. The summed E-state index contributed by atoms with van der Waals surface area (Å²) in [5.41, 5.74) is 2.75. The zero-order chi connectivity index (χ0) is 20.4. The number of likely N-dealkylation sites (N-methyl/N-ethyl adjacent to an activating group) is 1.